The standard InChI is InChI=1S/C16H17F2NO3S/c17-14-6-7-15(18)16(12-14)23(21,22)19(10-11-20)9-8-13-4-2-1-3-5-13/h1-7,12,20H,8-11H2. The van der Waals surface area contributed by atoms with Gasteiger partial charge in [-0.3, -0.25) is 0 Å². The van der Waals surface area contributed by atoms with E-state index in [1.807, 2.05) is 30.3 Å². The monoisotopic (exact) mass is 341 g/mol. The first-order chi connectivity index (χ1) is 10.9. The lowest BCUT2D eigenvalue weighted by molar-refractivity contribution is 0.254. The van der Waals surface area contributed by atoms with Crippen molar-refractivity contribution in [1.29, 1.82) is 0 Å². The molecule has 0 aromatic heterocycles. The van der Waals surface area contributed by atoms with Gasteiger partial charge in [0.2, 0.25) is 10.0 Å². The molecule has 0 fully saturated rings. The third kappa shape index (κ3) is 4.34. The maximum atomic E-state index is 13.8. The molecule has 0 bridgehead atoms. The van der Waals surface area contributed by atoms with Crippen molar-refractivity contribution in [2.75, 3.05) is 19.7 Å². The number of sulfonamides is 1. The first kappa shape index (κ1) is 17.5. The molecular weight excluding hydrogens is 324 g/mol. The van der Waals surface area contributed by atoms with Crippen molar-refractivity contribution in [1.82, 2.24) is 4.31 Å². The molecule has 23 heavy (non-hydrogen) atoms. The van der Waals surface area contributed by atoms with Crippen LogP contribution in [0.25, 0.3) is 0 Å². The molecule has 0 spiro atoms. The maximum absolute atomic E-state index is 13.8. The molecule has 124 valence electrons. The molecule has 1 N–H and O–H groups in total. The van der Waals surface area contributed by atoms with Gasteiger partial charge in [0, 0.05) is 13.1 Å². The molecule has 0 heterocycles. The van der Waals surface area contributed by atoms with Crippen LogP contribution in [0, 0.1) is 11.6 Å². The molecule has 0 radical (unpaired) electrons. The lowest BCUT2D eigenvalue weighted by Gasteiger charge is -2.21. The Morgan fingerprint density at radius 1 is 1.00 bits per heavy atom. The molecular formula is C16H17F2NO3S. The quantitative estimate of drug-likeness (QED) is 0.840. The van der Waals surface area contributed by atoms with Crippen LogP contribution in [0.15, 0.2) is 53.4 Å². The number of hydrogen-bond donors (Lipinski definition) is 1. The van der Waals surface area contributed by atoms with E-state index >= 15 is 0 Å². The number of hydrogen-bond acceptors (Lipinski definition) is 3. The van der Waals surface area contributed by atoms with Gasteiger partial charge in [0.25, 0.3) is 0 Å². The SMILES string of the molecule is O=S(=O)(c1cc(F)ccc1F)N(CCO)CCc1ccccc1. The summed E-state index contributed by atoms with van der Waals surface area (Å²) in [7, 11) is -4.23. The van der Waals surface area contributed by atoms with E-state index in [1.165, 1.54) is 0 Å². The second kappa shape index (κ2) is 7.63. The van der Waals surface area contributed by atoms with Crippen LogP contribution in [0.1, 0.15) is 5.56 Å². The van der Waals surface area contributed by atoms with Crippen molar-refractivity contribution in [2.24, 2.45) is 0 Å². The molecule has 0 amide bonds. The summed E-state index contributed by atoms with van der Waals surface area (Å²) in [5, 5.41) is 9.09. The van der Waals surface area contributed by atoms with Gasteiger partial charge < -0.3 is 5.11 Å². The normalized spacial score (nSPS) is 11.8. The van der Waals surface area contributed by atoms with Gasteiger partial charge in [-0.15, -0.1) is 0 Å². The molecule has 0 atom stereocenters. The van der Waals surface area contributed by atoms with Gasteiger partial charge in [0.1, 0.15) is 16.5 Å². The molecule has 2 rings (SSSR count). The lowest BCUT2D eigenvalue weighted by Crippen LogP contribution is -2.35. The number of aliphatic hydroxyl groups is 1. The van der Waals surface area contributed by atoms with Crippen molar-refractivity contribution in [3.8, 4) is 0 Å². The van der Waals surface area contributed by atoms with Gasteiger partial charge in [0.05, 0.1) is 6.61 Å². The van der Waals surface area contributed by atoms with Crippen LogP contribution in [0.5, 0.6) is 0 Å². The number of aliphatic hydroxyl groups excluding tert-OH is 1. The Labute approximate surface area is 134 Å². The summed E-state index contributed by atoms with van der Waals surface area (Å²) >= 11 is 0. The first-order valence-electron chi connectivity index (χ1n) is 7.05. The van der Waals surface area contributed by atoms with Gasteiger partial charge >= 0.3 is 0 Å². The Bertz CT molecular complexity index is 751. The minimum absolute atomic E-state index is 0.0584. The molecule has 0 saturated carbocycles. The van der Waals surface area contributed by atoms with Gasteiger partial charge in [-0.05, 0) is 30.2 Å². The zero-order chi connectivity index (χ0) is 16.9. The second-order valence-electron chi connectivity index (χ2n) is 4.94. The molecule has 2 aromatic carbocycles. The van der Waals surface area contributed by atoms with E-state index < -0.39 is 33.2 Å². The molecule has 0 aliphatic carbocycles. The number of halogens is 2. The van der Waals surface area contributed by atoms with E-state index in [-0.39, 0.29) is 13.1 Å². The van der Waals surface area contributed by atoms with Crippen molar-refractivity contribution in [2.45, 2.75) is 11.3 Å². The van der Waals surface area contributed by atoms with E-state index in [9.17, 15) is 17.2 Å². The van der Waals surface area contributed by atoms with Crippen molar-refractivity contribution >= 4 is 10.0 Å². The molecule has 4 nitrogen and oxygen atoms in total. The second-order valence-corrected chi connectivity index (χ2v) is 6.84. The fourth-order valence-electron chi connectivity index (χ4n) is 2.18. The Hall–Kier alpha value is -1.83. The fraction of sp³-hybridized carbons (Fsp3) is 0.250. The van der Waals surface area contributed by atoms with E-state index in [0.717, 1.165) is 22.0 Å². The molecule has 0 saturated heterocycles. The van der Waals surface area contributed by atoms with Crippen molar-refractivity contribution in [3.05, 3.63) is 65.7 Å². The van der Waals surface area contributed by atoms with Crippen LogP contribution in [-0.2, 0) is 16.4 Å². The summed E-state index contributed by atoms with van der Waals surface area (Å²) < 4.78 is 53.1. The minimum atomic E-state index is -4.23. The number of benzene rings is 2. The predicted octanol–water partition coefficient (Wildman–Crippen LogP) is 2.19. The van der Waals surface area contributed by atoms with Crippen LogP contribution >= 0.6 is 0 Å². The van der Waals surface area contributed by atoms with Gasteiger partial charge in [0.15, 0.2) is 0 Å². The molecule has 0 aliphatic heterocycles. The third-order valence-electron chi connectivity index (χ3n) is 3.35. The molecule has 0 aliphatic rings. The zero-order valence-corrected chi connectivity index (χ0v) is 13.1. The van der Waals surface area contributed by atoms with Crippen LogP contribution in [0.2, 0.25) is 0 Å². The summed E-state index contributed by atoms with van der Waals surface area (Å²) in [4.78, 5) is -0.723. The molecule has 7 heteroatoms. The smallest absolute Gasteiger partial charge is 0.246 e. The van der Waals surface area contributed by atoms with Crippen LogP contribution in [-0.4, -0.2) is 37.5 Å². The molecule has 0 unspecified atom stereocenters. The predicted molar refractivity (Wildman–Crippen MR) is 82.3 cm³/mol. The van der Waals surface area contributed by atoms with Crippen molar-refractivity contribution < 1.29 is 22.3 Å². The first-order valence-corrected chi connectivity index (χ1v) is 8.49. The Kier molecular flexibility index (Phi) is 5.81. The van der Waals surface area contributed by atoms with E-state index in [1.54, 1.807) is 0 Å². The zero-order valence-electron chi connectivity index (χ0n) is 12.3. The fourth-order valence-corrected chi connectivity index (χ4v) is 3.68. The van der Waals surface area contributed by atoms with E-state index in [2.05, 4.69) is 0 Å². The average Bonchev–Trinajstić information content (AvgIpc) is 2.54. The third-order valence-corrected chi connectivity index (χ3v) is 5.27. The van der Waals surface area contributed by atoms with Crippen LogP contribution < -0.4 is 0 Å². The minimum Gasteiger partial charge on any atom is -0.395 e. The van der Waals surface area contributed by atoms with Gasteiger partial charge in [-0.2, -0.15) is 4.31 Å². The Morgan fingerprint density at radius 2 is 1.70 bits per heavy atom. The Balaban J connectivity index is 2.26. The Morgan fingerprint density at radius 3 is 2.35 bits per heavy atom. The highest BCUT2D eigenvalue weighted by Crippen LogP contribution is 2.20. The highest BCUT2D eigenvalue weighted by molar-refractivity contribution is 7.89. The summed E-state index contributed by atoms with van der Waals surface area (Å²) in [6.45, 7) is -0.543. The highest BCUT2D eigenvalue weighted by atomic mass is 32.2. The van der Waals surface area contributed by atoms with E-state index in [0.29, 0.717) is 12.5 Å². The van der Waals surface area contributed by atoms with Crippen LogP contribution in [0.4, 0.5) is 8.78 Å². The average molecular weight is 341 g/mol. The topological polar surface area (TPSA) is 57.6 Å². The van der Waals surface area contributed by atoms with Crippen molar-refractivity contribution in [3.63, 3.8) is 0 Å². The largest absolute Gasteiger partial charge is 0.395 e. The maximum Gasteiger partial charge on any atom is 0.246 e. The summed E-state index contributed by atoms with van der Waals surface area (Å²) in [6, 6.07) is 11.5. The van der Waals surface area contributed by atoms with Gasteiger partial charge in [-0.25, -0.2) is 17.2 Å². The van der Waals surface area contributed by atoms with Crippen LogP contribution in [0.3, 0.4) is 0 Å². The van der Waals surface area contributed by atoms with E-state index in [4.69, 9.17) is 5.11 Å². The molecule has 2 aromatic rings. The summed E-state index contributed by atoms with van der Waals surface area (Å²) in [5.41, 5.74) is 0.908. The highest BCUT2D eigenvalue weighted by Gasteiger charge is 2.27. The summed E-state index contributed by atoms with van der Waals surface area (Å²) in [6.07, 6.45) is 0.400. The van der Waals surface area contributed by atoms with Gasteiger partial charge in [-0.1, -0.05) is 30.3 Å². The lowest BCUT2D eigenvalue weighted by atomic mass is 10.1. The number of nitrogens with zero attached hydrogens (tertiary/aromatic N) is 1. The number of rotatable bonds is 7. The summed E-state index contributed by atoms with van der Waals surface area (Å²) in [5.74, 6) is -1.86.